The molecular weight excluding hydrogens is 328 g/mol. The summed E-state index contributed by atoms with van der Waals surface area (Å²) in [5, 5.41) is 17.3. The van der Waals surface area contributed by atoms with E-state index in [1.165, 1.54) is 0 Å². The van der Waals surface area contributed by atoms with Crippen LogP contribution in [0.5, 0.6) is 0 Å². The Bertz CT molecular complexity index is 856. The summed E-state index contributed by atoms with van der Waals surface area (Å²) in [7, 11) is 0. The summed E-state index contributed by atoms with van der Waals surface area (Å²) >= 11 is 6.06. The van der Waals surface area contributed by atoms with E-state index in [-0.39, 0.29) is 6.03 Å². The minimum atomic E-state index is -0.382. The van der Waals surface area contributed by atoms with Gasteiger partial charge in [0.15, 0.2) is 5.82 Å². The first kappa shape index (κ1) is 16.1. The third-order valence-corrected chi connectivity index (χ3v) is 3.85. The number of aromatic nitrogens is 4. The van der Waals surface area contributed by atoms with Gasteiger partial charge in [-0.05, 0) is 37.6 Å². The standard InChI is InChI=1S/C16H17ClN6O/c1-3-12-10(2)21-22-15(12)20-16(24)19-13-6-5-11(17)9-14(13)23-8-4-7-18-23/h4-9H,3H2,1-2H3,(H3,19,20,21,22,24). The summed E-state index contributed by atoms with van der Waals surface area (Å²) in [4.78, 5) is 12.3. The van der Waals surface area contributed by atoms with Crippen molar-refractivity contribution in [3.05, 3.63) is 52.9 Å². The number of aromatic amines is 1. The Morgan fingerprint density at radius 1 is 1.38 bits per heavy atom. The van der Waals surface area contributed by atoms with Crippen molar-refractivity contribution in [1.29, 1.82) is 0 Å². The van der Waals surface area contributed by atoms with E-state index in [4.69, 9.17) is 11.6 Å². The Morgan fingerprint density at radius 2 is 2.21 bits per heavy atom. The van der Waals surface area contributed by atoms with Gasteiger partial charge in [0.25, 0.3) is 0 Å². The SMILES string of the molecule is CCc1c(NC(=O)Nc2ccc(Cl)cc2-n2cccn2)n[nH]c1C. The van der Waals surface area contributed by atoms with E-state index in [0.717, 1.165) is 17.7 Å². The van der Waals surface area contributed by atoms with Crippen LogP contribution in [0.4, 0.5) is 16.3 Å². The van der Waals surface area contributed by atoms with Gasteiger partial charge in [-0.25, -0.2) is 9.48 Å². The van der Waals surface area contributed by atoms with Crippen molar-refractivity contribution in [3.63, 3.8) is 0 Å². The fourth-order valence-corrected chi connectivity index (χ4v) is 2.63. The zero-order chi connectivity index (χ0) is 17.1. The van der Waals surface area contributed by atoms with E-state index in [9.17, 15) is 4.79 Å². The molecule has 8 heteroatoms. The number of hydrogen-bond donors (Lipinski definition) is 3. The Kier molecular flexibility index (Phi) is 4.52. The minimum absolute atomic E-state index is 0.382. The summed E-state index contributed by atoms with van der Waals surface area (Å²) < 4.78 is 1.64. The molecule has 0 fully saturated rings. The van der Waals surface area contributed by atoms with Gasteiger partial charge in [0.05, 0.1) is 11.4 Å². The highest BCUT2D eigenvalue weighted by Gasteiger charge is 2.14. The van der Waals surface area contributed by atoms with E-state index in [2.05, 4.69) is 25.9 Å². The molecule has 0 radical (unpaired) electrons. The van der Waals surface area contributed by atoms with Crippen LogP contribution in [0.15, 0.2) is 36.7 Å². The van der Waals surface area contributed by atoms with E-state index in [0.29, 0.717) is 22.2 Å². The van der Waals surface area contributed by atoms with Crippen molar-refractivity contribution in [2.75, 3.05) is 10.6 Å². The van der Waals surface area contributed by atoms with Crippen molar-refractivity contribution in [2.45, 2.75) is 20.3 Å². The quantitative estimate of drug-likeness (QED) is 0.673. The summed E-state index contributed by atoms with van der Waals surface area (Å²) in [6.07, 6.45) is 4.21. The first-order chi connectivity index (χ1) is 11.6. The maximum absolute atomic E-state index is 12.3. The lowest BCUT2D eigenvalue weighted by atomic mass is 10.2. The zero-order valence-corrected chi connectivity index (χ0v) is 14.1. The second-order valence-corrected chi connectivity index (χ2v) is 5.66. The topological polar surface area (TPSA) is 87.6 Å². The largest absolute Gasteiger partial charge is 0.324 e. The predicted molar refractivity (Wildman–Crippen MR) is 93.9 cm³/mol. The molecule has 2 aromatic heterocycles. The number of amides is 2. The van der Waals surface area contributed by atoms with Gasteiger partial charge in [0.1, 0.15) is 0 Å². The summed E-state index contributed by atoms with van der Waals surface area (Å²) in [5.41, 5.74) is 3.19. The molecule has 0 unspecified atom stereocenters. The molecule has 3 rings (SSSR count). The molecule has 7 nitrogen and oxygen atoms in total. The average Bonchev–Trinajstić information content (AvgIpc) is 3.19. The van der Waals surface area contributed by atoms with Gasteiger partial charge < -0.3 is 5.32 Å². The number of benzene rings is 1. The molecule has 0 aliphatic carbocycles. The number of hydrogen-bond acceptors (Lipinski definition) is 3. The van der Waals surface area contributed by atoms with Gasteiger partial charge in [0, 0.05) is 28.7 Å². The highest BCUT2D eigenvalue weighted by Crippen LogP contribution is 2.24. The fraction of sp³-hybridized carbons (Fsp3) is 0.188. The number of carbonyl (C=O) groups excluding carboxylic acids is 1. The number of rotatable bonds is 4. The molecule has 3 N–H and O–H groups in total. The van der Waals surface area contributed by atoms with Crippen molar-refractivity contribution in [3.8, 4) is 5.69 Å². The summed E-state index contributed by atoms with van der Waals surface area (Å²) in [5.74, 6) is 0.530. The predicted octanol–water partition coefficient (Wildman–Crippen LogP) is 3.76. The van der Waals surface area contributed by atoms with E-state index in [1.54, 1.807) is 41.3 Å². The van der Waals surface area contributed by atoms with Crippen LogP contribution in [0.3, 0.4) is 0 Å². The number of anilines is 2. The first-order valence-electron chi connectivity index (χ1n) is 7.50. The van der Waals surface area contributed by atoms with Crippen molar-refractivity contribution in [1.82, 2.24) is 20.0 Å². The monoisotopic (exact) mass is 344 g/mol. The molecule has 0 aliphatic rings. The smallest absolute Gasteiger partial charge is 0.306 e. The maximum Gasteiger partial charge on any atom is 0.324 e. The van der Waals surface area contributed by atoms with Crippen LogP contribution >= 0.6 is 11.6 Å². The van der Waals surface area contributed by atoms with Gasteiger partial charge in [-0.15, -0.1) is 0 Å². The molecule has 124 valence electrons. The third kappa shape index (κ3) is 3.26. The zero-order valence-electron chi connectivity index (χ0n) is 13.3. The van der Waals surface area contributed by atoms with Crippen LogP contribution in [-0.2, 0) is 6.42 Å². The van der Waals surface area contributed by atoms with Crippen molar-refractivity contribution < 1.29 is 4.79 Å². The maximum atomic E-state index is 12.3. The minimum Gasteiger partial charge on any atom is -0.306 e. The lowest BCUT2D eigenvalue weighted by molar-refractivity contribution is 0.262. The molecule has 0 saturated carbocycles. The van der Waals surface area contributed by atoms with Gasteiger partial charge in [0.2, 0.25) is 0 Å². The molecule has 0 saturated heterocycles. The molecule has 0 bridgehead atoms. The number of carbonyl (C=O) groups is 1. The Balaban J connectivity index is 1.82. The average molecular weight is 345 g/mol. The molecular formula is C16H17ClN6O. The Labute approximate surface area is 144 Å². The van der Waals surface area contributed by atoms with Gasteiger partial charge in [-0.3, -0.25) is 10.4 Å². The van der Waals surface area contributed by atoms with Crippen LogP contribution < -0.4 is 10.6 Å². The fourth-order valence-electron chi connectivity index (χ4n) is 2.46. The van der Waals surface area contributed by atoms with E-state index < -0.39 is 0 Å². The Morgan fingerprint density at radius 3 is 2.92 bits per heavy atom. The second-order valence-electron chi connectivity index (χ2n) is 5.22. The van der Waals surface area contributed by atoms with E-state index >= 15 is 0 Å². The normalized spacial score (nSPS) is 10.6. The molecule has 0 aliphatic heterocycles. The van der Waals surface area contributed by atoms with Crippen LogP contribution in [-0.4, -0.2) is 26.0 Å². The molecule has 24 heavy (non-hydrogen) atoms. The molecule has 1 aromatic carbocycles. The lowest BCUT2D eigenvalue weighted by Crippen LogP contribution is -2.21. The number of aryl methyl sites for hydroxylation is 1. The number of urea groups is 1. The van der Waals surface area contributed by atoms with Gasteiger partial charge in [-0.1, -0.05) is 18.5 Å². The number of H-pyrrole nitrogens is 1. The molecule has 2 amide bonds. The van der Waals surface area contributed by atoms with Gasteiger partial charge in [-0.2, -0.15) is 10.2 Å². The highest BCUT2D eigenvalue weighted by molar-refractivity contribution is 6.31. The molecule has 0 spiro atoms. The lowest BCUT2D eigenvalue weighted by Gasteiger charge is -2.12. The second kappa shape index (κ2) is 6.76. The highest BCUT2D eigenvalue weighted by atomic mass is 35.5. The first-order valence-corrected chi connectivity index (χ1v) is 7.87. The molecule has 3 aromatic rings. The van der Waals surface area contributed by atoms with Crippen LogP contribution in [0.1, 0.15) is 18.2 Å². The number of halogens is 1. The van der Waals surface area contributed by atoms with Crippen molar-refractivity contribution in [2.24, 2.45) is 0 Å². The van der Waals surface area contributed by atoms with Gasteiger partial charge >= 0.3 is 6.03 Å². The Hall–Kier alpha value is -2.80. The van der Waals surface area contributed by atoms with Crippen molar-refractivity contribution >= 4 is 29.1 Å². The van der Waals surface area contributed by atoms with Crippen LogP contribution in [0.2, 0.25) is 5.02 Å². The molecule has 2 heterocycles. The van der Waals surface area contributed by atoms with E-state index in [1.807, 2.05) is 13.8 Å². The summed E-state index contributed by atoms with van der Waals surface area (Å²) in [6.45, 7) is 3.93. The third-order valence-electron chi connectivity index (χ3n) is 3.62. The van der Waals surface area contributed by atoms with Crippen LogP contribution in [0, 0.1) is 6.92 Å². The molecule has 0 atom stereocenters. The summed E-state index contributed by atoms with van der Waals surface area (Å²) in [6, 6.07) is 6.59. The number of nitrogens with one attached hydrogen (secondary N) is 3. The number of nitrogens with zero attached hydrogens (tertiary/aromatic N) is 3. The van der Waals surface area contributed by atoms with Crippen LogP contribution in [0.25, 0.3) is 5.69 Å².